The van der Waals surface area contributed by atoms with E-state index in [0.717, 1.165) is 18.1 Å². The van der Waals surface area contributed by atoms with Crippen molar-refractivity contribution >= 4 is 11.6 Å². The van der Waals surface area contributed by atoms with Gasteiger partial charge in [-0.1, -0.05) is 23.7 Å². The highest BCUT2D eigenvalue weighted by molar-refractivity contribution is 6.30. The summed E-state index contributed by atoms with van der Waals surface area (Å²) >= 11 is 5.85. The summed E-state index contributed by atoms with van der Waals surface area (Å²) < 4.78 is 0. The van der Waals surface area contributed by atoms with Gasteiger partial charge >= 0.3 is 0 Å². The van der Waals surface area contributed by atoms with Gasteiger partial charge in [0.05, 0.1) is 0 Å². The molecule has 1 aliphatic rings. The van der Waals surface area contributed by atoms with Gasteiger partial charge in [-0.25, -0.2) is 0 Å². The molecule has 1 fully saturated rings. The molecule has 1 atom stereocenters. The molecular formula is C13H19ClN2. The fourth-order valence-corrected chi connectivity index (χ4v) is 2.21. The highest BCUT2D eigenvalue weighted by Crippen LogP contribution is 2.11. The lowest BCUT2D eigenvalue weighted by Gasteiger charge is -2.15. The van der Waals surface area contributed by atoms with Gasteiger partial charge in [-0.3, -0.25) is 0 Å². The minimum Gasteiger partial charge on any atom is -0.317 e. The molecule has 1 aliphatic heterocycles. The van der Waals surface area contributed by atoms with Crippen molar-refractivity contribution in [2.75, 3.05) is 13.1 Å². The molecule has 1 heterocycles. The van der Waals surface area contributed by atoms with Crippen molar-refractivity contribution in [1.29, 1.82) is 0 Å². The van der Waals surface area contributed by atoms with E-state index in [9.17, 15) is 0 Å². The fraction of sp³-hybridized carbons (Fsp3) is 0.538. The van der Waals surface area contributed by atoms with Crippen molar-refractivity contribution in [3.63, 3.8) is 0 Å². The number of halogens is 1. The first kappa shape index (κ1) is 11.9. The summed E-state index contributed by atoms with van der Waals surface area (Å²) in [4.78, 5) is 0. The first-order valence-corrected chi connectivity index (χ1v) is 6.41. The molecule has 3 heteroatoms. The predicted octanol–water partition coefficient (Wildman–Crippen LogP) is 2.57. The number of hydrogen-bond donors (Lipinski definition) is 2. The van der Waals surface area contributed by atoms with Crippen molar-refractivity contribution in [3.8, 4) is 0 Å². The van der Waals surface area contributed by atoms with Gasteiger partial charge in [0.1, 0.15) is 0 Å². The largest absolute Gasteiger partial charge is 0.317 e. The maximum Gasteiger partial charge on any atom is 0.0406 e. The molecule has 0 bridgehead atoms. The molecule has 0 saturated carbocycles. The standard InChI is InChI=1S/C13H19ClN2/c14-12-5-3-11(4-6-12)10-16-13-2-1-8-15-9-7-13/h3-6,13,15-16H,1-2,7-10H2. The number of benzene rings is 1. The van der Waals surface area contributed by atoms with Crippen molar-refractivity contribution in [3.05, 3.63) is 34.9 Å². The van der Waals surface area contributed by atoms with Crippen molar-refractivity contribution in [2.45, 2.75) is 31.8 Å². The van der Waals surface area contributed by atoms with E-state index < -0.39 is 0 Å². The monoisotopic (exact) mass is 238 g/mol. The summed E-state index contributed by atoms with van der Waals surface area (Å²) in [6.45, 7) is 3.25. The summed E-state index contributed by atoms with van der Waals surface area (Å²) in [5, 5.41) is 7.85. The van der Waals surface area contributed by atoms with Crippen LogP contribution < -0.4 is 10.6 Å². The molecule has 2 nitrogen and oxygen atoms in total. The van der Waals surface area contributed by atoms with Crippen LogP contribution in [-0.2, 0) is 6.54 Å². The highest BCUT2D eigenvalue weighted by Gasteiger charge is 2.10. The Morgan fingerprint density at radius 3 is 2.81 bits per heavy atom. The van der Waals surface area contributed by atoms with Crippen LogP contribution in [0.4, 0.5) is 0 Å². The van der Waals surface area contributed by atoms with E-state index in [-0.39, 0.29) is 0 Å². The third kappa shape index (κ3) is 3.78. The summed E-state index contributed by atoms with van der Waals surface area (Å²) in [5.74, 6) is 0. The lowest BCUT2D eigenvalue weighted by Crippen LogP contribution is -2.29. The van der Waals surface area contributed by atoms with Gasteiger partial charge in [0.2, 0.25) is 0 Å². The molecule has 1 aromatic rings. The lowest BCUT2D eigenvalue weighted by molar-refractivity contribution is 0.468. The summed E-state index contributed by atoms with van der Waals surface area (Å²) in [7, 11) is 0. The van der Waals surface area contributed by atoms with Crippen LogP contribution in [0, 0.1) is 0 Å². The van der Waals surface area contributed by atoms with E-state index in [2.05, 4.69) is 22.8 Å². The Hall–Kier alpha value is -0.570. The molecule has 2 rings (SSSR count). The quantitative estimate of drug-likeness (QED) is 0.846. The van der Waals surface area contributed by atoms with E-state index >= 15 is 0 Å². The normalized spacial score (nSPS) is 21.7. The number of nitrogens with one attached hydrogen (secondary N) is 2. The molecule has 0 aromatic heterocycles. The zero-order chi connectivity index (χ0) is 11.2. The van der Waals surface area contributed by atoms with Crippen LogP contribution in [0.2, 0.25) is 5.02 Å². The molecule has 1 aromatic carbocycles. The first-order valence-electron chi connectivity index (χ1n) is 6.03. The molecule has 1 unspecified atom stereocenters. The average Bonchev–Trinajstić information content (AvgIpc) is 2.57. The van der Waals surface area contributed by atoms with Crippen molar-refractivity contribution < 1.29 is 0 Å². The Labute approximate surface area is 102 Å². The average molecular weight is 239 g/mol. The van der Waals surface area contributed by atoms with E-state index in [1.54, 1.807) is 0 Å². The summed E-state index contributed by atoms with van der Waals surface area (Å²) in [5.41, 5.74) is 1.31. The Balaban J connectivity index is 1.79. The Morgan fingerprint density at radius 1 is 1.19 bits per heavy atom. The van der Waals surface area contributed by atoms with E-state index in [1.165, 1.54) is 31.4 Å². The van der Waals surface area contributed by atoms with Gasteiger partial charge in [0.15, 0.2) is 0 Å². The van der Waals surface area contributed by atoms with Gasteiger partial charge in [0.25, 0.3) is 0 Å². The van der Waals surface area contributed by atoms with Crippen LogP contribution in [0.5, 0.6) is 0 Å². The molecule has 0 aliphatic carbocycles. The van der Waals surface area contributed by atoms with Crippen LogP contribution in [0.25, 0.3) is 0 Å². The molecule has 0 spiro atoms. The molecular weight excluding hydrogens is 220 g/mol. The zero-order valence-electron chi connectivity index (χ0n) is 9.51. The number of rotatable bonds is 3. The van der Waals surface area contributed by atoms with E-state index in [0.29, 0.717) is 6.04 Å². The topological polar surface area (TPSA) is 24.1 Å². The predicted molar refractivity (Wildman–Crippen MR) is 68.8 cm³/mol. The van der Waals surface area contributed by atoms with Crippen LogP contribution >= 0.6 is 11.6 Å². The third-order valence-electron chi connectivity index (χ3n) is 3.08. The van der Waals surface area contributed by atoms with E-state index in [4.69, 9.17) is 11.6 Å². The molecule has 16 heavy (non-hydrogen) atoms. The Kier molecular flexibility index (Phi) is 4.64. The minimum absolute atomic E-state index is 0.658. The van der Waals surface area contributed by atoms with Gasteiger partial charge in [-0.2, -0.15) is 0 Å². The second-order valence-electron chi connectivity index (χ2n) is 4.39. The third-order valence-corrected chi connectivity index (χ3v) is 3.34. The van der Waals surface area contributed by atoms with Crippen LogP contribution in [0.1, 0.15) is 24.8 Å². The smallest absolute Gasteiger partial charge is 0.0406 e. The van der Waals surface area contributed by atoms with Crippen LogP contribution in [-0.4, -0.2) is 19.1 Å². The summed E-state index contributed by atoms with van der Waals surface area (Å²) in [6, 6.07) is 8.74. The lowest BCUT2D eigenvalue weighted by atomic mass is 10.1. The van der Waals surface area contributed by atoms with Gasteiger partial charge in [-0.15, -0.1) is 0 Å². The molecule has 2 N–H and O–H groups in total. The van der Waals surface area contributed by atoms with Gasteiger partial charge in [-0.05, 0) is 50.0 Å². The van der Waals surface area contributed by atoms with Crippen molar-refractivity contribution in [2.24, 2.45) is 0 Å². The Morgan fingerprint density at radius 2 is 2.00 bits per heavy atom. The van der Waals surface area contributed by atoms with Crippen LogP contribution in [0.15, 0.2) is 24.3 Å². The number of hydrogen-bond acceptors (Lipinski definition) is 2. The highest BCUT2D eigenvalue weighted by atomic mass is 35.5. The van der Waals surface area contributed by atoms with Crippen LogP contribution in [0.3, 0.4) is 0 Å². The second-order valence-corrected chi connectivity index (χ2v) is 4.82. The maximum atomic E-state index is 5.85. The van der Waals surface area contributed by atoms with E-state index in [1.807, 2.05) is 12.1 Å². The first-order chi connectivity index (χ1) is 7.84. The van der Waals surface area contributed by atoms with Gasteiger partial charge < -0.3 is 10.6 Å². The maximum absolute atomic E-state index is 5.85. The molecule has 88 valence electrons. The SMILES string of the molecule is Clc1ccc(CNC2CCCNCC2)cc1. The van der Waals surface area contributed by atoms with Crippen molar-refractivity contribution in [1.82, 2.24) is 10.6 Å². The Bertz CT molecular complexity index is 302. The minimum atomic E-state index is 0.658. The fourth-order valence-electron chi connectivity index (χ4n) is 2.09. The molecule has 0 amide bonds. The summed E-state index contributed by atoms with van der Waals surface area (Å²) in [6.07, 6.45) is 3.78. The van der Waals surface area contributed by atoms with Gasteiger partial charge in [0, 0.05) is 17.6 Å². The zero-order valence-corrected chi connectivity index (χ0v) is 10.3. The molecule has 1 saturated heterocycles. The molecule has 0 radical (unpaired) electrons. The second kappa shape index (κ2) is 6.24.